The van der Waals surface area contributed by atoms with Gasteiger partial charge in [-0.1, -0.05) is 42.1 Å². The minimum Gasteiger partial charge on any atom is -0.300 e. The molecule has 0 unspecified atom stereocenters. The number of rotatable bonds is 8. The van der Waals surface area contributed by atoms with Crippen molar-refractivity contribution in [2.75, 3.05) is 5.75 Å². The molecule has 0 radical (unpaired) electrons. The second-order valence-electron chi connectivity index (χ2n) is 6.04. The molecule has 3 rings (SSSR count). The van der Waals surface area contributed by atoms with Crippen LogP contribution in [0.25, 0.3) is 11.4 Å². The van der Waals surface area contributed by atoms with Crippen LogP contribution in [0.3, 0.4) is 0 Å². The molecule has 2 aromatic carbocycles. The van der Waals surface area contributed by atoms with Crippen LogP contribution in [0, 0.1) is 5.82 Å². The average Bonchev–Trinajstić information content (AvgIpc) is 3.03. The molecule has 134 valence electrons. The fraction of sp³-hybridized carbons (Fsp3) is 0.250. The van der Waals surface area contributed by atoms with Gasteiger partial charge in [0.25, 0.3) is 0 Å². The Morgan fingerprint density at radius 1 is 1.08 bits per heavy atom. The summed E-state index contributed by atoms with van der Waals surface area (Å²) < 4.78 is 15.3. The van der Waals surface area contributed by atoms with Crippen molar-refractivity contribution in [1.82, 2.24) is 14.8 Å². The molecular weight excluding hydrogens is 349 g/mol. The molecule has 1 heterocycles. The molecule has 3 aromatic rings. The molecule has 0 saturated carbocycles. The highest BCUT2D eigenvalue weighted by Gasteiger charge is 2.15. The molecule has 0 spiro atoms. The van der Waals surface area contributed by atoms with Crippen LogP contribution in [0.15, 0.2) is 59.8 Å². The zero-order valence-corrected chi connectivity index (χ0v) is 15.4. The first-order valence-electron chi connectivity index (χ1n) is 8.49. The topological polar surface area (TPSA) is 47.8 Å². The summed E-state index contributed by atoms with van der Waals surface area (Å²) in [6.07, 6.45) is 1.38. The van der Waals surface area contributed by atoms with E-state index in [-0.39, 0.29) is 11.6 Å². The molecule has 26 heavy (non-hydrogen) atoms. The van der Waals surface area contributed by atoms with Crippen molar-refractivity contribution in [3.05, 3.63) is 66.0 Å². The number of aromatic nitrogens is 3. The zero-order valence-electron chi connectivity index (χ0n) is 14.6. The van der Waals surface area contributed by atoms with Gasteiger partial charge in [-0.25, -0.2) is 4.39 Å². The summed E-state index contributed by atoms with van der Waals surface area (Å²) in [4.78, 5) is 11.1. The standard InChI is InChI=1S/C20H20FN3OS/c1-15(25)6-5-13-26-20-23-22-19(17-9-11-18(21)12-10-17)24(20)14-16-7-3-2-4-8-16/h2-4,7-12H,5-6,13-14H2,1H3. The largest absolute Gasteiger partial charge is 0.300 e. The lowest BCUT2D eigenvalue weighted by Gasteiger charge is -2.10. The molecule has 0 aliphatic carbocycles. The van der Waals surface area contributed by atoms with E-state index in [1.165, 1.54) is 12.1 Å². The van der Waals surface area contributed by atoms with Gasteiger partial charge in [0.1, 0.15) is 11.6 Å². The number of Topliss-reactive ketones (excluding diaryl/α,β-unsaturated/α-hetero) is 1. The lowest BCUT2D eigenvalue weighted by atomic mass is 10.2. The predicted molar refractivity (Wildman–Crippen MR) is 102 cm³/mol. The van der Waals surface area contributed by atoms with Gasteiger partial charge in [-0.05, 0) is 43.2 Å². The highest BCUT2D eigenvalue weighted by Crippen LogP contribution is 2.26. The summed E-state index contributed by atoms with van der Waals surface area (Å²) in [7, 11) is 0. The van der Waals surface area contributed by atoms with Crippen molar-refractivity contribution >= 4 is 17.5 Å². The molecule has 4 nitrogen and oxygen atoms in total. The van der Waals surface area contributed by atoms with Crippen molar-refractivity contribution in [2.24, 2.45) is 0 Å². The van der Waals surface area contributed by atoms with Gasteiger partial charge in [0.05, 0.1) is 6.54 Å². The Bertz CT molecular complexity index is 863. The van der Waals surface area contributed by atoms with Gasteiger partial charge in [-0.15, -0.1) is 10.2 Å². The number of nitrogens with zero attached hydrogens (tertiary/aromatic N) is 3. The van der Waals surface area contributed by atoms with Gasteiger partial charge in [0.15, 0.2) is 11.0 Å². The lowest BCUT2D eigenvalue weighted by molar-refractivity contribution is -0.117. The fourth-order valence-corrected chi connectivity index (χ4v) is 3.48. The van der Waals surface area contributed by atoms with Crippen molar-refractivity contribution in [3.63, 3.8) is 0 Å². The number of hydrogen-bond acceptors (Lipinski definition) is 4. The maximum absolute atomic E-state index is 13.3. The minimum absolute atomic E-state index is 0.198. The van der Waals surface area contributed by atoms with E-state index in [1.54, 1.807) is 30.8 Å². The van der Waals surface area contributed by atoms with Crippen LogP contribution in [0.4, 0.5) is 4.39 Å². The van der Waals surface area contributed by atoms with Crippen LogP contribution in [0.2, 0.25) is 0 Å². The Balaban J connectivity index is 1.86. The number of benzene rings is 2. The smallest absolute Gasteiger partial charge is 0.191 e. The molecule has 0 N–H and O–H groups in total. The highest BCUT2D eigenvalue weighted by atomic mass is 32.2. The van der Waals surface area contributed by atoms with Crippen molar-refractivity contribution < 1.29 is 9.18 Å². The summed E-state index contributed by atoms with van der Waals surface area (Å²) in [6.45, 7) is 2.24. The van der Waals surface area contributed by atoms with Gasteiger partial charge in [-0.3, -0.25) is 4.57 Å². The highest BCUT2D eigenvalue weighted by molar-refractivity contribution is 7.99. The summed E-state index contributed by atoms with van der Waals surface area (Å²) in [5.74, 6) is 1.43. The second-order valence-corrected chi connectivity index (χ2v) is 7.10. The normalized spacial score (nSPS) is 10.8. The SMILES string of the molecule is CC(=O)CCCSc1nnc(-c2ccc(F)cc2)n1Cc1ccccc1. The molecule has 0 amide bonds. The third-order valence-electron chi connectivity index (χ3n) is 3.91. The summed E-state index contributed by atoms with van der Waals surface area (Å²) in [5.41, 5.74) is 1.96. The van der Waals surface area contributed by atoms with Crippen LogP contribution in [-0.2, 0) is 11.3 Å². The molecule has 0 atom stereocenters. The van der Waals surface area contributed by atoms with E-state index in [1.807, 2.05) is 22.8 Å². The number of carbonyl (C=O) groups excluding carboxylic acids is 1. The molecule has 0 aliphatic heterocycles. The molecule has 0 bridgehead atoms. The zero-order chi connectivity index (χ0) is 18.4. The Morgan fingerprint density at radius 3 is 2.50 bits per heavy atom. The Hall–Kier alpha value is -2.47. The Kier molecular flexibility index (Phi) is 6.17. The molecular formula is C20H20FN3OS. The summed E-state index contributed by atoms with van der Waals surface area (Å²) in [6, 6.07) is 16.4. The number of hydrogen-bond donors (Lipinski definition) is 0. The summed E-state index contributed by atoms with van der Waals surface area (Å²) >= 11 is 1.59. The third-order valence-corrected chi connectivity index (χ3v) is 4.96. The number of ketones is 1. The van der Waals surface area contributed by atoms with E-state index in [2.05, 4.69) is 22.3 Å². The Morgan fingerprint density at radius 2 is 1.81 bits per heavy atom. The average molecular weight is 369 g/mol. The first-order valence-corrected chi connectivity index (χ1v) is 9.47. The van der Waals surface area contributed by atoms with Crippen LogP contribution in [0.5, 0.6) is 0 Å². The van der Waals surface area contributed by atoms with Crippen molar-refractivity contribution in [1.29, 1.82) is 0 Å². The van der Waals surface area contributed by atoms with Gasteiger partial charge >= 0.3 is 0 Å². The third kappa shape index (κ3) is 4.79. The molecule has 6 heteroatoms. The van der Waals surface area contributed by atoms with E-state index in [0.717, 1.165) is 28.5 Å². The number of halogens is 1. The summed E-state index contributed by atoms with van der Waals surface area (Å²) in [5, 5.41) is 9.46. The van der Waals surface area contributed by atoms with Crippen molar-refractivity contribution in [3.8, 4) is 11.4 Å². The number of thioether (sulfide) groups is 1. The minimum atomic E-state index is -0.276. The maximum Gasteiger partial charge on any atom is 0.191 e. The van der Waals surface area contributed by atoms with E-state index in [0.29, 0.717) is 18.8 Å². The lowest BCUT2D eigenvalue weighted by Crippen LogP contribution is -2.04. The van der Waals surface area contributed by atoms with Crippen LogP contribution < -0.4 is 0 Å². The Labute approximate surface area is 156 Å². The van der Waals surface area contributed by atoms with E-state index in [9.17, 15) is 9.18 Å². The van der Waals surface area contributed by atoms with Crippen molar-refractivity contribution in [2.45, 2.75) is 31.5 Å². The predicted octanol–water partition coefficient (Wildman–Crippen LogP) is 4.59. The maximum atomic E-state index is 13.3. The van der Waals surface area contributed by atoms with Gasteiger partial charge < -0.3 is 4.79 Å². The molecule has 0 aliphatic rings. The van der Waals surface area contributed by atoms with Crippen LogP contribution >= 0.6 is 11.8 Å². The van der Waals surface area contributed by atoms with Gasteiger partial charge in [0, 0.05) is 17.7 Å². The van der Waals surface area contributed by atoms with Gasteiger partial charge in [-0.2, -0.15) is 0 Å². The molecule has 0 saturated heterocycles. The molecule has 0 fully saturated rings. The monoisotopic (exact) mass is 369 g/mol. The quantitative estimate of drug-likeness (QED) is 0.430. The first-order chi connectivity index (χ1) is 12.6. The number of carbonyl (C=O) groups is 1. The van der Waals surface area contributed by atoms with E-state index >= 15 is 0 Å². The van der Waals surface area contributed by atoms with Crippen LogP contribution in [0.1, 0.15) is 25.3 Å². The molecule has 1 aromatic heterocycles. The second kappa shape index (κ2) is 8.76. The van der Waals surface area contributed by atoms with E-state index in [4.69, 9.17) is 0 Å². The van der Waals surface area contributed by atoms with Gasteiger partial charge in [0.2, 0.25) is 0 Å². The van der Waals surface area contributed by atoms with Crippen LogP contribution in [-0.4, -0.2) is 26.3 Å². The van der Waals surface area contributed by atoms with E-state index < -0.39 is 0 Å². The first kappa shape index (κ1) is 18.3. The fourth-order valence-electron chi connectivity index (χ4n) is 2.60.